The summed E-state index contributed by atoms with van der Waals surface area (Å²) < 4.78 is 79.3. The van der Waals surface area contributed by atoms with Crippen LogP contribution in [0.2, 0.25) is 0 Å². The summed E-state index contributed by atoms with van der Waals surface area (Å²) in [5.41, 5.74) is -1.75. The highest BCUT2D eigenvalue weighted by atomic mass is 19.4. The van der Waals surface area contributed by atoms with Crippen LogP contribution < -0.4 is 4.74 Å². The van der Waals surface area contributed by atoms with Gasteiger partial charge in [-0.15, -0.1) is 13.2 Å². The van der Waals surface area contributed by atoms with Crippen LogP contribution in [-0.2, 0) is 6.18 Å². The molecule has 0 unspecified atom stereocenters. The fourth-order valence-electron chi connectivity index (χ4n) is 1.98. The van der Waals surface area contributed by atoms with Gasteiger partial charge in [0.2, 0.25) is 0 Å². The fourth-order valence-corrected chi connectivity index (χ4v) is 1.98. The van der Waals surface area contributed by atoms with E-state index in [-0.39, 0.29) is 11.1 Å². The Labute approximate surface area is 126 Å². The minimum absolute atomic E-state index is 0.0380. The molecule has 8 heteroatoms. The number of hydrogen-bond acceptors (Lipinski definition) is 2. The first-order chi connectivity index (χ1) is 10.6. The van der Waals surface area contributed by atoms with Crippen molar-refractivity contribution in [1.29, 1.82) is 5.26 Å². The molecule has 120 valence electrons. The van der Waals surface area contributed by atoms with Crippen molar-refractivity contribution in [3.05, 3.63) is 53.6 Å². The van der Waals surface area contributed by atoms with E-state index in [1.165, 1.54) is 24.3 Å². The van der Waals surface area contributed by atoms with Crippen LogP contribution in [0.25, 0.3) is 11.1 Å². The minimum Gasteiger partial charge on any atom is -0.404 e. The first-order valence-electron chi connectivity index (χ1n) is 6.08. The van der Waals surface area contributed by atoms with E-state index in [0.717, 1.165) is 24.3 Å². The lowest BCUT2D eigenvalue weighted by Crippen LogP contribution is -2.17. The molecule has 0 fully saturated rings. The Bertz CT molecular complexity index is 758. The third-order valence-corrected chi connectivity index (χ3v) is 2.87. The van der Waals surface area contributed by atoms with Gasteiger partial charge in [-0.2, -0.15) is 18.4 Å². The number of alkyl halides is 6. The molecule has 0 N–H and O–H groups in total. The lowest BCUT2D eigenvalue weighted by atomic mass is 9.97. The predicted molar refractivity (Wildman–Crippen MR) is 68.3 cm³/mol. The van der Waals surface area contributed by atoms with E-state index in [1.54, 1.807) is 0 Å². The van der Waals surface area contributed by atoms with E-state index < -0.39 is 29.4 Å². The van der Waals surface area contributed by atoms with Gasteiger partial charge in [-0.25, -0.2) is 0 Å². The third-order valence-electron chi connectivity index (χ3n) is 2.87. The van der Waals surface area contributed by atoms with E-state index in [9.17, 15) is 26.3 Å². The van der Waals surface area contributed by atoms with E-state index in [1.807, 2.05) is 0 Å². The Morgan fingerprint density at radius 3 is 2.13 bits per heavy atom. The van der Waals surface area contributed by atoms with Gasteiger partial charge in [-0.1, -0.05) is 24.3 Å². The van der Waals surface area contributed by atoms with Crippen molar-refractivity contribution in [3.8, 4) is 22.9 Å². The molecule has 2 aromatic rings. The quantitative estimate of drug-likeness (QED) is 0.714. The maximum atomic E-state index is 13.0. The normalized spacial score (nSPS) is 11.9. The van der Waals surface area contributed by atoms with Crippen LogP contribution in [0, 0.1) is 11.3 Å². The van der Waals surface area contributed by atoms with Gasteiger partial charge < -0.3 is 4.74 Å². The van der Waals surface area contributed by atoms with Gasteiger partial charge in [0.1, 0.15) is 11.8 Å². The minimum atomic E-state index is -5.00. The topological polar surface area (TPSA) is 33.0 Å². The molecule has 0 heterocycles. The van der Waals surface area contributed by atoms with Gasteiger partial charge in [0.25, 0.3) is 0 Å². The lowest BCUT2D eigenvalue weighted by Gasteiger charge is -2.14. The number of halogens is 6. The van der Waals surface area contributed by atoms with E-state index in [4.69, 9.17) is 5.26 Å². The zero-order valence-electron chi connectivity index (χ0n) is 11.2. The molecule has 0 aliphatic heterocycles. The molecular formula is C15H7F6NO. The highest BCUT2D eigenvalue weighted by Crippen LogP contribution is 2.38. The first-order valence-corrected chi connectivity index (χ1v) is 6.08. The van der Waals surface area contributed by atoms with Crippen LogP contribution >= 0.6 is 0 Å². The van der Waals surface area contributed by atoms with Gasteiger partial charge in [0.15, 0.2) is 0 Å². The molecule has 0 aromatic heterocycles. The molecule has 2 rings (SSSR count). The smallest absolute Gasteiger partial charge is 0.404 e. The standard InChI is InChI=1S/C15H7F6NO/c16-14(17,18)12-4-2-1-3-11(12)9-5-6-13(10(7-9)8-22)23-15(19,20)21/h1-7H. The van der Waals surface area contributed by atoms with Gasteiger partial charge in [-0.3, -0.25) is 0 Å². The number of rotatable bonds is 2. The molecule has 0 saturated heterocycles. The number of hydrogen-bond donors (Lipinski definition) is 0. The summed E-state index contributed by atoms with van der Waals surface area (Å²) >= 11 is 0. The summed E-state index contributed by atoms with van der Waals surface area (Å²) in [6.45, 7) is 0. The van der Waals surface area contributed by atoms with Crippen LogP contribution in [0.4, 0.5) is 26.3 Å². The average molecular weight is 331 g/mol. The Hall–Kier alpha value is -2.69. The molecule has 23 heavy (non-hydrogen) atoms. The molecule has 0 atom stereocenters. The molecular weight excluding hydrogens is 324 g/mol. The monoisotopic (exact) mass is 331 g/mol. The van der Waals surface area contributed by atoms with Crippen molar-refractivity contribution in [3.63, 3.8) is 0 Å². The summed E-state index contributed by atoms with van der Waals surface area (Å²) in [4.78, 5) is 0. The van der Waals surface area contributed by atoms with Crippen molar-refractivity contribution in [2.75, 3.05) is 0 Å². The van der Waals surface area contributed by atoms with Crippen LogP contribution in [-0.4, -0.2) is 6.36 Å². The van der Waals surface area contributed by atoms with Gasteiger partial charge in [-0.05, 0) is 29.3 Å². The van der Waals surface area contributed by atoms with Gasteiger partial charge in [0, 0.05) is 0 Å². The number of ether oxygens (including phenoxy) is 1. The van der Waals surface area contributed by atoms with Gasteiger partial charge in [0.05, 0.1) is 11.1 Å². The van der Waals surface area contributed by atoms with E-state index in [2.05, 4.69) is 4.74 Å². The number of benzene rings is 2. The zero-order valence-corrected chi connectivity index (χ0v) is 11.2. The first kappa shape index (κ1) is 16.7. The molecule has 0 radical (unpaired) electrons. The summed E-state index contributed by atoms with van der Waals surface area (Å²) in [6, 6.07) is 8.82. The molecule has 2 nitrogen and oxygen atoms in total. The highest BCUT2D eigenvalue weighted by molar-refractivity contribution is 5.71. The molecule has 0 aliphatic rings. The van der Waals surface area contributed by atoms with E-state index in [0.29, 0.717) is 0 Å². The third kappa shape index (κ3) is 3.94. The fraction of sp³-hybridized carbons (Fsp3) is 0.133. The van der Waals surface area contributed by atoms with Crippen LogP contribution in [0.5, 0.6) is 5.75 Å². The Balaban J connectivity index is 2.54. The molecule has 2 aromatic carbocycles. The molecule has 0 bridgehead atoms. The molecule has 0 aliphatic carbocycles. The van der Waals surface area contributed by atoms with Gasteiger partial charge >= 0.3 is 12.5 Å². The van der Waals surface area contributed by atoms with Crippen LogP contribution in [0.15, 0.2) is 42.5 Å². The maximum Gasteiger partial charge on any atom is 0.573 e. The maximum absolute atomic E-state index is 13.0. The second-order valence-corrected chi connectivity index (χ2v) is 4.41. The zero-order chi connectivity index (χ0) is 17.3. The van der Waals surface area contributed by atoms with E-state index >= 15 is 0 Å². The second-order valence-electron chi connectivity index (χ2n) is 4.41. The largest absolute Gasteiger partial charge is 0.573 e. The Morgan fingerprint density at radius 1 is 0.913 bits per heavy atom. The van der Waals surface area contributed by atoms with Crippen molar-refractivity contribution < 1.29 is 31.1 Å². The van der Waals surface area contributed by atoms with Crippen LogP contribution in [0.3, 0.4) is 0 Å². The van der Waals surface area contributed by atoms with Crippen LogP contribution in [0.1, 0.15) is 11.1 Å². The summed E-state index contributed by atoms with van der Waals surface area (Å²) in [5.74, 6) is -0.770. The van der Waals surface area contributed by atoms with Crippen molar-refractivity contribution in [2.24, 2.45) is 0 Å². The summed E-state index contributed by atoms with van der Waals surface area (Å²) in [5, 5.41) is 8.90. The Kier molecular flexibility index (Phi) is 4.23. The lowest BCUT2D eigenvalue weighted by molar-refractivity contribution is -0.274. The SMILES string of the molecule is N#Cc1cc(-c2ccccc2C(F)(F)F)ccc1OC(F)(F)F. The molecule has 0 spiro atoms. The summed E-state index contributed by atoms with van der Waals surface area (Å²) in [7, 11) is 0. The van der Waals surface area contributed by atoms with Crippen molar-refractivity contribution >= 4 is 0 Å². The van der Waals surface area contributed by atoms with Crippen molar-refractivity contribution in [1.82, 2.24) is 0 Å². The average Bonchev–Trinajstić information content (AvgIpc) is 2.45. The van der Waals surface area contributed by atoms with Crippen molar-refractivity contribution in [2.45, 2.75) is 12.5 Å². The molecule has 0 saturated carbocycles. The number of nitrogens with zero attached hydrogens (tertiary/aromatic N) is 1. The Morgan fingerprint density at radius 2 is 1.57 bits per heavy atom. The summed E-state index contributed by atoms with van der Waals surface area (Å²) in [6.07, 6.45) is -9.64. The second kappa shape index (κ2) is 5.83. The predicted octanol–water partition coefficient (Wildman–Crippen LogP) is 5.14. The number of nitriles is 1. The molecule has 0 amide bonds. The highest BCUT2D eigenvalue weighted by Gasteiger charge is 2.34.